The van der Waals surface area contributed by atoms with Crippen molar-refractivity contribution in [1.82, 2.24) is 9.55 Å². The molecule has 5 rings (SSSR count). The van der Waals surface area contributed by atoms with E-state index in [0.29, 0.717) is 0 Å². The fourth-order valence-electron chi connectivity index (χ4n) is 3.31. The summed E-state index contributed by atoms with van der Waals surface area (Å²) in [6.07, 6.45) is 6.20. The first kappa shape index (κ1) is 10.9. The number of nitrogens with zero attached hydrogens (tertiary/aromatic N) is 2. The first-order chi connectivity index (χ1) is 10.4. The third-order valence-corrected chi connectivity index (χ3v) is 4.20. The van der Waals surface area contributed by atoms with E-state index in [1.807, 2.05) is 12.3 Å². The van der Waals surface area contributed by atoms with Crippen molar-refractivity contribution >= 4 is 34.0 Å². The quantitative estimate of drug-likeness (QED) is 0.399. The average molecular weight is 268 g/mol. The van der Waals surface area contributed by atoms with E-state index in [2.05, 4.69) is 70.2 Å². The number of fused-ring (bicyclic) bond motifs is 5. The Morgan fingerprint density at radius 2 is 1.52 bits per heavy atom. The average Bonchev–Trinajstić information content (AvgIpc) is 2.78. The first-order valence-electron chi connectivity index (χ1n) is 7.09. The van der Waals surface area contributed by atoms with Gasteiger partial charge in [0.2, 0.25) is 0 Å². The maximum atomic E-state index is 4.64. The van der Waals surface area contributed by atoms with Crippen molar-refractivity contribution in [2.45, 2.75) is 0 Å². The van der Waals surface area contributed by atoms with Crippen LogP contribution in [0.2, 0.25) is 0 Å². The van der Waals surface area contributed by atoms with Gasteiger partial charge in [0.15, 0.2) is 0 Å². The van der Waals surface area contributed by atoms with E-state index in [1.54, 1.807) is 0 Å². The third-order valence-electron chi connectivity index (χ3n) is 4.20. The summed E-state index contributed by atoms with van der Waals surface area (Å²) in [6.45, 7) is 0. The fourth-order valence-corrected chi connectivity index (χ4v) is 3.31. The molecule has 0 fully saturated rings. The number of rotatable bonds is 0. The Balaban J connectivity index is 2.14. The van der Waals surface area contributed by atoms with E-state index in [9.17, 15) is 0 Å². The zero-order chi connectivity index (χ0) is 13.8. The number of aromatic nitrogens is 2. The van der Waals surface area contributed by atoms with Crippen LogP contribution in [-0.2, 0) is 0 Å². The summed E-state index contributed by atoms with van der Waals surface area (Å²) in [5, 5.41) is 2.56. The molecule has 0 amide bonds. The molecule has 1 aliphatic heterocycles. The molecule has 0 saturated heterocycles. The van der Waals surface area contributed by atoms with Gasteiger partial charge in [-0.3, -0.25) is 4.57 Å². The van der Waals surface area contributed by atoms with E-state index in [1.165, 1.54) is 27.4 Å². The summed E-state index contributed by atoms with van der Waals surface area (Å²) >= 11 is 0. The van der Waals surface area contributed by atoms with Crippen LogP contribution in [0.5, 0.6) is 0 Å². The van der Waals surface area contributed by atoms with E-state index >= 15 is 0 Å². The van der Waals surface area contributed by atoms with Crippen LogP contribution in [-0.4, -0.2) is 9.55 Å². The maximum Gasteiger partial charge on any atom is 0.144 e. The minimum absolute atomic E-state index is 1.00. The molecule has 21 heavy (non-hydrogen) atoms. The van der Waals surface area contributed by atoms with Crippen LogP contribution < -0.4 is 0 Å². The molecule has 2 heteroatoms. The lowest BCUT2D eigenvalue weighted by molar-refractivity contribution is 1.08. The molecule has 2 nitrogen and oxygen atoms in total. The topological polar surface area (TPSA) is 17.8 Å². The molecule has 1 aliphatic rings. The molecule has 0 radical (unpaired) electrons. The van der Waals surface area contributed by atoms with Gasteiger partial charge in [-0.2, -0.15) is 0 Å². The SMILES string of the molecule is C1=Cc2cccc3c4ccccc4n(c23)-c2ncccc21. The second kappa shape index (κ2) is 3.83. The van der Waals surface area contributed by atoms with Gasteiger partial charge in [0.1, 0.15) is 5.82 Å². The van der Waals surface area contributed by atoms with Crippen LogP contribution in [0.4, 0.5) is 0 Å². The van der Waals surface area contributed by atoms with Gasteiger partial charge in [-0.15, -0.1) is 0 Å². The molecule has 0 bridgehead atoms. The molecule has 4 aromatic rings. The lowest BCUT2D eigenvalue weighted by Crippen LogP contribution is -1.99. The second-order valence-electron chi connectivity index (χ2n) is 5.35. The van der Waals surface area contributed by atoms with Crippen LogP contribution >= 0.6 is 0 Å². The highest BCUT2D eigenvalue weighted by Crippen LogP contribution is 2.36. The summed E-state index contributed by atoms with van der Waals surface area (Å²) in [6, 6.07) is 19.1. The molecule has 0 saturated carbocycles. The largest absolute Gasteiger partial charge is 0.293 e. The summed E-state index contributed by atoms with van der Waals surface area (Å²) in [5.74, 6) is 1.00. The minimum atomic E-state index is 1.00. The molecule has 0 aliphatic carbocycles. The van der Waals surface area contributed by atoms with Gasteiger partial charge in [-0.1, -0.05) is 48.6 Å². The van der Waals surface area contributed by atoms with Crippen molar-refractivity contribution in [3.05, 3.63) is 71.9 Å². The predicted octanol–water partition coefficient (Wildman–Crippen LogP) is 4.66. The number of hydrogen-bond donors (Lipinski definition) is 0. The van der Waals surface area contributed by atoms with E-state index < -0.39 is 0 Å². The molecule has 0 spiro atoms. The minimum Gasteiger partial charge on any atom is -0.293 e. The Labute approximate surface area is 122 Å². The monoisotopic (exact) mass is 268 g/mol. The number of benzene rings is 2. The van der Waals surface area contributed by atoms with Crippen LogP contribution in [0.15, 0.2) is 60.8 Å². The zero-order valence-electron chi connectivity index (χ0n) is 11.3. The molecule has 3 heterocycles. The van der Waals surface area contributed by atoms with Crippen LogP contribution in [0.25, 0.3) is 39.8 Å². The van der Waals surface area contributed by atoms with Crippen LogP contribution in [0.3, 0.4) is 0 Å². The Kier molecular flexibility index (Phi) is 1.98. The van der Waals surface area contributed by atoms with E-state index in [-0.39, 0.29) is 0 Å². The lowest BCUT2D eigenvalue weighted by Gasteiger charge is -2.08. The maximum absolute atomic E-state index is 4.64. The molecule has 0 N–H and O–H groups in total. The first-order valence-corrected chi connectivity index (χ1v) is 7.09. The van der Waals surface area contributed by atoms with Crippen molar-refractivity contribution in [1.29, 1.82) is 0 Å². The molecular weight excluding hydrogens is 256 g/mol. The number of para-hydroxylation sites is 2. The molecule has 0 unspecified atom stereocenters. The highest BCUT2D eigenvalue weighted by Gasteiger charge is 2.18. The Morgan fingerprint density at radius 3 is 2.52 bits per heavy atom. The Morgan fingerprint density at radius 1 is 0.714 bits per heavy atom. The third kappa shape index (κ3) is 1.34. The Bertz CT molecular complexity index is 1040. The number of pyridine rings is 1. The summed E-state index contributed by atoms with van der Waals surface area (Å²) in [5.41, 5.74) is 4.84. The van der Waals surface area contributed by atoms with Gasteiger partial charge in [-0.05, 0) is 23.8 Å². The van der Waals surface area contributed by atoms with Crippen LogP contribution in [0.1, 0.15) is 11.1 Å². The van der Waals surface area contributed by atoms with Gasteiger partial charge in [0.25, 0.3) is 0 Å². The highest BCUT2D eigenvalue weighted by molar-refractivity contribution is 6.12. The second-order valence-corrected chi connectivity index (χ2v) is 5.35. The summed E-state index contributed by atoms with van der Waals surface area (Å²) in [7, 11) is 0. The van der Waals surface area contributed by atoms with Gasteiger partial charge in [-0.25, -0.2) is 4.98 Å². The predicted molar refractivity (Wildman–Crippen MR) is 87.5 cm³/mol. The van der Waals surface area contributed by atoms with E-state index in [0.717, 1.165) is 11.4 Å². The molecule has 0 atom stereocenters. The van der Waals surface area contributed by atoms with Crippen molar-refractivity contribution in [3.63, 3.8) is 0 Å². The molecular formula is C19H12N2. The van der Waals surface area contributed by atoms with Crippen molar-refractivity contribution in [2.24, 2.45) is 0 Å². The highest BCUT2D eigenvalue weighted by atomic mass is 15.1. The Hall–Kier alpha value is -2.87. The van der Waals surface area contributed by atoms with Crippen molar-refractivity contribution in [3.8, 4) is 5.82 Å². The van der Waals surface area contributed by atoms with Crippen molar-refractivity contribution < 1.29 is 0 Å². The van der Waals surface area contributed by atoms with Crippen LogP contribution in [0, 0.1) is 0 Å². The zero-order valence-corrected chi connectivity index (χ0v) is 11.3. The van der Waals surface area contributed by atoms with Gasteiger partial charge < -0.3 is 0 Å². The van der Waals surface area contributed by atoms with Gasteiger partial charge in [0.05, 0.1) is 11.0 Å². The lowest BCUT2D eigenvalue weighted by atomic mass is 10.1. The van der Waals surface area contributed by atoms with E-state index in [4.69, 9.17) is 0 Å². The van der Waals surface area contributed by atoms with Crippen molar-refractivity contribution in [2.75, 3.05) is 0 Å². The molecule has 98 valence electrons. The standard InChI is InChI=1S/C19H12N2/c1-2-9-17-15(7-1)16-8-3-5-13-10-11-14-6-4-12-20-19(14)21(17)18(13)16/h1-12H. The summed E-state index contributed by atoms with van der Waals surface area (Å²) < 4.78 is 2.29. The molecule has 2 aromatic heterocycles. The fraction of sp³-hybridized carbons (Fsp3) is 0. The van der Waals surface area contributed by atoms with Gasteiger partial charge >= 0.3 is 0 Å². The summed E-state index contributed by atoms with van der Waals surface area (Å²) in [4.78, 5) is 4.64. The normalized spacial score (nSPS) is 12.6. The van der Waals surface area contributed by atoms with Gasteiger partial charge in [0, 0.05) is 22.5 Å². The smallest absolute Gasteiger partial charge is 0.144 e. The number of hydrogen-bond acceptors (Lipinski definition) is 1. The molecule has 2 aromatic carbocycles.